The summed E-state index contributed by atoms with van der Waals surface area (Å²) in [7, 11) is 0. The number of nitrogens with one attached hydrogen (secondary N) is 1. The van der Waals surface area contributed by atoms with E-state index in [1.807, 2.05) is 0 Å². The summed E-state index contributed by atoms with van der Waals surface area (Å²) in [6.45, 7) is -0.176. The zero-order valence-electron chi connectivity index (χ0n) is 14.1. The maximum absolute atomic E-state index is 12.2. The van der Waals surface area contributed by atoms with Crippen molar-refractivity contribution in [1.82, 2.24) is 19.5 Å². The van der Waals surface area contributed by atoms with E-state index in [-0.39, 0.29) is 18.1 Å². The van der Waals surface area contributed by atoms with Gasteiger partial charge in [0.05, 0.1) is 12.8 Å². The Kier molecular flexibility index (Phi) is 4.87. The molecule has 5 atom stereocenters. The number of rotatable bonds is 6. The molecular formula is C15H15N5O8. The molecule has 4 heterocycles. The summed E-state index contributed by atoms with van der Waals surface area (Å²) in [5.74, 6) is -0.0533. The van der Waals surface area contributed by atoms with Crippen molar-refractivity contribution in [3.63, 3.8) is 0 Å². The molecule has 13 heteroatoms. The summed E-state index contributed by atoms with van der Waals surface area (Å²) < 4.78 is 22.4. The Morgan fingerprint density at radius 2 is 2.11 bits per heavy atom. The number of fused-ring (bicyclic) bond motifs is 1. The fraction of sp³-hybridized carbons (Fsp3) is 0.400. The predicted molar refractivity (Wildman–Crippen MR) is 85.9 cm³/mol. The van der Waals surface area contributed by atoms with Crippen molar-refractivity contribution in [3.8, 4) is 0 Å². The van der Waals surface area contributed by atoms with E-state index in [1.165, 1.54) is 30.9 Å². The Morgan fingerprint density at radius 3 is 2.82 bits per heavy atom. The van der Waals surface area contributed by atoms with E-state index in [0.29, 0.717) is 0 Å². The van der Waals surface area contributed by atoms with Gasteiger partial charge in [0, 0.05) is 18.6 Å². The second-order valence-corrected chi connectivity index (χ2v) is 5.91. The number of carbonyl (C=O) groups is 1. The molecule has 2 aromatic rings. The van der Waals surface area contributed by atoms with Crippen LogP contribution in [0, 0.1) is 0 Å². The topological polar surface area (TPSA) is 167 Å². The zero-order valence-corrected chi connectivity index (χ0v) is 14.1. The van der Waals surface area contributed by atoms with E-state index >= 15 is 0 Å². The fourth-order valence-electron chi connectivity index (χ4n) is 2.96. The van der Waals surface area contributed by atoms with Crippen molar-refractivity contribution in [2.75, 3.05) is 12.1 Å². The smallest absolute Gasteiger partial charge is 0.424 e. The molecule has 28 heavy (non-hydrogen) atoms. The first kappa shape index (κ1) is 18.2. The average molecular weight is 393 g/mol. The zero-order chi connectivity index (χ0) is 19.7. The molecule has 0 amide bonds. The number of aliphatic hydroxyl groups excluding tert-OH is 1. The van der Waals surface area contributed by atoms with Crippen molar-refractivity contribution >= 4 is 12.0 Å². The van der Waals surface area contributed by atoms with Crippen LogP contribution in [0.1, 0.15) is 18.2 Å². The Hall–Kier alpha value is -3.13. The lowest BCUT2D eigenvalue weighted by Gasteiger charge is -2.19. The minimum absolute atomic E-state index is 0.0533. The van der Waals surface area contributed by atoms with Gasteiger partial charge in [-0.3, -0.25) is 25.2 Å². The first-order valence-electron chi connectivity index (χ1n) is 8.14. The summed E-state index contributed by atoms with van der Waals surface area (Å²) in [4.78, 5) is 35.1. The van der Waals surface area contributed by atoms with Gasteiger partial charge in [0.2, 0.25) is 0 Å². The van der Waals surface area contributed by atoms with Crippen LogP contribution in [0.5, 0.6) is 0 Å². The minimum Gasteiger partial charge on any atom is -0.424 e. The first-order valence-corrected chi connectivity index (χ1v) is 8.14. The molecule has 0 saturated carbocycles. The summed E-state index contributed by atoms with van der Waals surface area (Å²) in [6, 6.07) is 1.33. The Balaban J connectivity index is 1.50. The van der Waals surface area contributed by atoms with Crippen LogP contribution in [0.25, 0.3) is 0 Å². The largest absolute Gasteiger partial charge is 0.509 e. The standard InChI is InChI=1S/C15H15N5O8/c21-13(7-5-16-2-3-17-7)25-6-8-10-11(28-15(23)27-10)12(26-8)20-4-1-9(19-24)18-14(20)22/h1-5,8,10-13,21,24H,6H2,(H,18,19,22)/t8-,10-,11-,12-,13?/m1/s1. The lowest BCUT2D eigenvalue weighted by atomic mass is 10.1. The van der Waals surface area contributed by atoms with Crippen molar-refractivity contribution < 1.29 is 34.1 Å². The number of anilines is 1. The number of aromatic nitrogens is 4. The molecule has 0 radical (unpaired) electrons. The van der Waals surface area contributed by atoms with Gasteiger partial charge >= 0.3 is 11.8 Å². The number of hydrogen-bond donors (Lipinski definition) is 3. The number of hydrogen-bond acceptors (Lipinski definition) is 12. The SMILES string of the molecule is O=C1O[C@@H]2[C@H](O1)[C@@H](COC(O)c1cnccn1)O[C@H]2n1ccc(NO)nc1=O. The van der Waals surface area contributed by atoms with Gasteiger partial charge in [-0.1, -0.05) is 0 Å². The molecule has 1 unspecified atom stereocenters. The van der Waals surface area contributed by atoms with Gasteiger partial charge in [-0.15, -0.1) is 0 Å². The molecule has 4 rings (SSSR count). The highest BCUT2D eigenvalue weighted by Crippen LogP contribution is 2.37. The van der Waals surface area contributed by atoms with Crippen LogP contribution in [0.15, 0.2) is 35.6 Å². The third kappa shape index (κ3) is 3.38. The molecule has 0 spiro atoms. The monoisotopic (exact) mass is 393 g/mol. The van der Waals surface area contributed by atoms with Crippen LogP contribution in [0.4, 0.5) is 10.6 Å². The van der Waals surface area contributed by atoms with Crippen molar-refractivity contribution in [1.29, 1.82) is 0 Å². The molecule has 2 fully saturated rings. The maximum Gasteiger partial charge on any atom is 0.509 e. The normalized spacial score (nSPS) is 27.0. The number of nitrogens with zero attached hydrogens (tertiary/aromatic N) is 4. The van der Waals surface area contributed by atoms with Gasteiger partial charge < -0.3 is 24.1 Å². The molecule has 3 N–H and O–H groups in total. The summed E-state index contributed by atoms with van der Waals surface area (Å²) in [6.07, 6.45) is -0.380. The molecule has 148 valence electrons. The Morgan fingerprint density at radius 1 is 1.29 bits per heavy atom. The van der Waals surface area contributed by atoms with Crippen molar-refractivity contribution in [2.24, 2.45) is 0 Å². The van der Waals surface area contributed by atoms with Gasteiger partial charge in [-0.05, 0) is 6.07 Å². The van der Waals surface area contributed by atoms with E-state index < -0.39 is 42.7 Å². The van der Waals surface area contributed by atoms with Gasteiger partial charge in [0.1, 0.15) is 11.8 Å². The quantitative estimate of drug-likeness (QED) is 0.322. The van der Waals surface area contributed by atoms with Crippen LogP contribution in [-0.4, -0.2) is 60.9 Å². The molecule has 2 aliphatic rings. The maximum atomic E-state index is 12.2. The van der Waals surface area contributed by atoms with Crippen LogP contribution < -0.4 is 11.2 Å². The number of ether oxygens (including phenoxy) is 4. The van der Waals surface area contributed by atoms with E-state index in [1.54, 1.807) is 5.48 Å². The first-order chi connectivity index (χ1) is 13.6. The van der Waals surface area contributed by atoms with E-state index in [2.05, 4.69) is 15.0 Å². The third-order valence-electron chi connectivity index (χ3n) is 4.22. The summed E-state index contributed by atoms with van der Waals surface area (Å²) in [5.41, 5.74) is 1.21. The number of carbonyl (C=O) groups excluding carboxylic acids is 1. The third-order valence-corrected chi connectivity index (χ3v) is 4.22. The van der Waals surface area contributed by atoms with Gasteiger partial charge in [-0.2, -0.15) is 4.98 Å². The second-order valence-electron chi connectivity index (χ2n) is 5.91. The lowest BCUT2D eigenvalue weighted by Crippen LogP contribution is -2.34. The molecule has 0 aliphatic carbocycles. The highest BCUT2D eigenvalue weighted by atomic mass is 16.8. The predicted octanol–water partition coefficient (Wildman–Crippen LogP) is -0.657. The molecule has 0 bridgehead atoms. The molecule has 2 saturated heterocycles. The Labute approximate surface area is 156 Å². The number of aliphatic hydroxyl groups is 1. The highest BCUT2D eigenvalue weighted by molar-refractivity contribution is 5.63. The molecule has 13 nitrogen and oxygen atoms in total. The summed E-state index contributed by atoms with van der Waals surface area (Å²) in [5, 5.41) is 18.9. The van der Waals surface area contributed by atoms with Crippen LogP contribution in [0.2, 0.25) is 0 Å². The molecule has 2 aromatic heterocycles. The van der Waals surface area contributed by atoms with Crippen LogP contribution in [-0.2, 0) is 18.9 Å². The van der Waals surface area contributed by atoms with Crippen LogP contribution in [0.3, 0.4) is 0 Å². The summed E-state index contributed by atoms with van der Waals surface area (Å²) >= 11 is 0. The van der Waals surface area contributed by atoms with Gasteiger partial charge in [0.25, 0.3) is 0 Å². The minimum atomic E-state index is -1.37. The fourth-order valence-corrected chi connectivity index (χ4v) is 2.96. The molecular weight excluding hydrogens is 378 g/mol. The highest BCUT2D eigenvalue weighted by Gasteiger charge is 2.55. The average Bonchev–Trinajstić information content (AvgIpc) is 3.24. The van der Waals surface area contributed by atoms with Crippen molar-refractivity contribution in [3.05, 3.63) is 47.0 Å². The van der Waals surface area contributed by atoms with E-state index in [4.69, 9.17) is 24.2 Å². The van der Waals surface area contributed by atoms with E-state index in [0.717, 1.165) is 4.57 Å². The second kappa shape index (κ2) is 7.47. The van der Waals surface area contributed by atoms with E-state index in [9.17, 15) is 14.7 Å². The van der Waals surface area contributed by atoms with Crippen molar-refractivity contribution in [2.45, 2.75) is 30.8 Å². The molecule has 0 aromatic carbocycles. The lowest BCUT2D eigenvalue weighted by molar-refractivity contribution is -0.151. The Bertz CT molecular complexity index is 909. The van der Waals surface area contributed by atoms with Crippen LogP contribution >= 0.6 is 0 Å². The molecule has 2 aliphatic heterocycles. The van der Waals surface area contributed by atoms with Gasteiger partial charge in [0.15, 0.2) is 30.5 Å². The van der Waals surface area contributed by atoms with Gasteiger partial charge in [-0.25, -0.2) is 9.59 Å².